The van der Waals surface area contributed by atoms with Crippen LogP contribution < -0.4 is 5.32 Å². The molecule has 2 rings (SSSR count). The second-order valence-corrected chi connectivity index (χ2v) is 9.17. The summed E-state index contributed by atoms with van der Waals surface area (Å²) in [4.78, 5) is 28.6. The number of amides is 3. The van der Waals surface area contributed by atoms with Crippen LogP contribution in [-0.2, 0) is 14.5 Å². The van der Waals surface area contributed by atoms with E-state index in [4.69, 9.17) is 0 Å². The fourth-order valence-electron chi connectivity index (χ4n) is 3.20. The number of carbonyl (C=O) groups is 2. The highest BCUT2D eigenvalue weighted by atomic mass is 32.2. The minimum absolute atomic E-state index is 0.167. The van der Waals surface area contributed by atoms with E-state index < -0.39 is 21.7 Å². The first-order chi connectivity index (χ1) is 10.8. The van der Waals surface area contributed by atoms with Crippen molar-refractivity contribution in [2.45, 2.75) is 44.7 Å². The quantitative estimate of drug-likeness (QED) is 0.825. The lowest BCUT2D eigenvalue weighted by molar-refractivity contribution is -0.121. The largest absolute Gasteiger partial charge is 0.335 e. The maximum absolute atomic E-state index is 12.5. The molecule has 0 unspecified atom stereocenters. The van der Waals surface area contributed by atoms with Gasteiger partial charge in [-0.05, 0) is 32.2 Å². The van der Waals surface area contributed by atoms with Crippen molar-refractivity contribution in [3.63, 3.8) is 0 Å². The Kier molecular flexibility index (Phi) is 6.02. The van der Waals surface area contributed by atoms with Crippen molar-refractivity contribution in [3.8, 4) is 0 Å². The van der Waals surface area contributed by atoms with Gasteiger partial charge < -0.3 is 15.1 Å². The monoisotopic (exact) mass is 344 g/mol. The maximum Gasteiger partial charge on any atom is 0.318 e. The molecular weight excluding hydrogens is 316 g/mol. The van der Waals surface area contributed by atoms with Crippen LogP contribution >= 0.6 is 0 Å². The first-order valence-electron chi connectivity index (χ1n) is 8.30. The molecule has 2 aliphatic heterocycles. The molecule has 0 aromatic rings. The van der Waals surface area contributed by atoms with Crippen LogP contribution in [0.4, 0.5) is 4.79 Å². The highest BCUT2D eigenvalue weighted by Crippen LogP contribution is 2.20. The standard InChI is InChI=1S/C15H28N4O3S/c1-4-18-10-7-12(8-11-18)16-15(21)19-9-5-6-13(19)14(20)17-23(2,3)22/h12-13H,4-11H2,1-3H3,(H,16,21)/t13-/m0/s1. The summed E-state index contributed by atoms with van der Waals surface area (Å²) < 4.78 is 15.4. The average Bonchev–Trinajstić information content (AvgIpc) is 2.96. The minimum atomic E-state index is -2.48. The lowest BCUT2D eigenvalue weighted by Crippen LogP contribution is -2.51. The van der Waals surface area contributed by atoms with Gasteiger partial charge in [-0.2, -0.15) is 4.36 Å². The Bertz CT molecular complexity index is 555. The second kappa shape index (κ2) is 7.61. The Morgan fingerprint density at radius 3 is 2.39 bits per heavy atom. The van der Waals surface area contributed by atoms with Crippen molar-refractivity contribution < 1.29 is 13.8 Å². The molecule has 0 saturated carbocycles. The van der Waals surface area contributed by atoms with Gasteiger partial charge in [-0.3, -0.25) is 4.79 Å². The first kappa shape index (κ1) is 18.2. The zero-order valence-electron chi connectivity index (χ0n) is 14.3. The summed E-state index contributed by atoms with van der Waals surface area (Å²) in [5, 5.41) is 3.05. The molecule has 0 spiro atoms. The van der Waals surface area contributed by atoms with Crippen LogP contribution in [-0.4, -0.2) is 76.7 Å². The van der Waals surface area contributed by atoms with Crippen molar-refractivity contribution in [2.24, 2.45) is 4.36 Å². The number of hydrogen-bond donors (Lipinski definition) is 1. The Hall–Kier alpha value is -1.15. The molecule has 0 aromatic heterocycles. The van der Waals surface area contributed by atoms with E-state index in [-0.39, 0.29) is 12.1 Å². The third-order valence-electron chi connectivity index (χ3n) is 4.47. The zero-order chi connectivity index (χ0) is 17.0. The normalized spacial score (nSPS) is 23.8. The number of nitrogens with zero attached hydrogens (tertiary/aromatic N) is 3. The van der Waals surface area contributed by atoms with E-state index in [0.29, 0.717) is 13.0 Å². The van der Waals surface area contributed by atoms with Gasteiger partial charge in [0.25, 0.3) is 5.91 Å². The van der Waals surface area contributed by atoms with Crippen LogP contribution in [0, 0.1) is 0 Å². The fourth-order valence-corrected chi connectivity index (χ4v) is 3.75. The van der Waals surface area contributed by atoms with Gasteiger partial charge in [-0.15, -0.1) is 0 Å². The van der Waals surface area contributed by atoms with Crippen LogP contribution in [0.15, 0.2) is 4.36 Å². The minimum Gasteiger partial charge on any atom is -0.335 e. The number of urea groups is 1. The van der Waals surface area contributed by atoms with Gasteiger partial charge in [-0.1, -0.05) is 6.92 Å². The molecule has 2 fully saturated rings. The Morgan fingerprint density at radius 2 is 1.83 bits per heavy atom. The van der Waals surface area contributed by atoms with Crippen molar-refractivity contribution in [1.82, 2.24) is 15.1 Å². The van der Waals surface area contributed by atoms with Crippen molar-refractivity contribution in [1.29, 1.82) is 0 Å². The van der Waals surface area contributed by atoms with Gasteiger partial charge in [0.1, 0.15) is 6.04 Å². The van der Waals surface area contributed by atoms with Gasteiger partial charge in [0.05, 0.1) is 0 Å². The lowest BCUT2D eigenvalue weighted by Gasteiger charge is -2.33. The van der Waals surface area contributed by atoms with Gasteiger partial charge >= 0.3 is 6.03 Å². The highest BCUT2D eigenvalue weighted by molar-refractivity contribution is 7.92. The van der Waals surface area contributed by atoms with E-state index in [2.05, 4.69) is 21.5 Å². The number of rotatable bonds is 3. The number of hydrogen-bond acceptors (Lipinski definition) is 4. The fraction of sp³-hybridized carbons (Fsp3) is 0.867. The maximum atomic E-state index is 12.5. The van der Waals surface area contributed by atoms with Gasteiger partial charge in [0.2, 0.25) is 0 Å². The molecule has 7 nitrogen and oxygen atoms in total. The molecule has 0 radical (unpaired) electrons. The van der Waals surface area contributed by atoms with Crippen LogP contribution in [0.5, 0.6) is 0 Å². The lowest BCUT2D eigenvalue weighted by atomic mass is 10.1. The van der Waals surface area contributed by atoms with Crippen LogP contribution in [0.2, 0.25) is 0 Å². The Balaban J connectivity index is 1.93. The molecule has 1 N–H and O–H groups in total. The van der Waals surface area contributed by atoms with Gasteiger partial charge in [0, 0.05) is 47.9 Å². The van der Waals surface area contributed by atoms with E-state index in [1.807, 2.05) is 0 Å². The first-order valence-corrected chi connectivity index (χ1v) is 10.6. The van der Waals surface area contributed by atoms with Gasteiger partial charge in [-0.25, -0.2) is 9.00 Å². The van der Waals surface area contributed by atoms with Crippen molar-refractivity contribution >= 4 is 21.7 Å². The number of likely N-dealkylation sites (tertiary alicyclic amines) is 2. The number of nitrogens with one attached hydrogen (secondary N) is 1. The summed E-state index contributed by atoms with van der Waals surface area (Å²) in [5.41, 5.74) is 0. The van der Waals surface area contributed by atoms with E-state index >= 15 is 0 Å². The highest BCUT2D eigenvalue weighted by Gasteiger charge is 2.35. The third kappa shape index (κ3) is 5.17. The van der Waals surface area contributed by atoms with Crippen LogP contribution in [0.1, 0.15) is 32.6 Å². The van der Waals surface area contributed by atoms with Crippen LogP contribution in [0.3, 0.4) is 0 Å². The summed E-state index contributed by atoms with van der Waals surface area (Å²) in [5.74, 6) is -0.437. The molecule has 2 heterocycles. The molecule has 23 heavy (non-hydrogen) atoms. The van der Waals surface area contributed by atoms with E-state index in [1.165, 1.54) is 12.5 Å². The predicted molar refractivity (Wildman–Crippen MR) is 90.8 cm³/mol. The van der Waals surface area contributed by atoms with E-state index in [9.17, 15) is 13.8 Å². The van der Waals surface area contributed by atoms with Crippen molar-refractivity contribution in [2.75, 3.05) is 38.7 Å². The van der Waals surface area contributed by atoms with Crippen LogP contribution in [0.25, 0.3) is 0 Å². The Labute approximate surface area is 139 Å². The molecule has 0 aromatic carbocycles. The molecule has 2 saturated heterocycles. The molecule has 0 bridgehead atoms. The van der Waals surface area contributed by atoms with E-state index in [0.717, 1.165) is 38.9 Å². The number of carbonyl (C=O) groups excluding carboxylic acids is 2. The van der Waals surface area contributed by atoms with E-state index in [1.54, 1.807) is 4.90 Å². The molecule has 3 amide bonds. The smallest absolute Gasteiger partial charge is 0.318 e. The molecule has 8 heteroatoms. The number of piperidine rings is 1. The average molecular weight is 344 g/mol. The molecular formula is C15H28N4O3S. The molecule has 1 atom stereocenters. The Morgan fingerprint density at radius 1 is 1.17 bits per heavy atom. The summed E-state index contributed by atoms with van der Waals surface area (Å²) in [6, 6.07) is -0.587. The molecule has 2 aliphatic rings. The van der Waals surface area contributed by atoms with Gasteiger partial charge in [0.15, 0.2) is 0 Å². The summed E-state index contributed by atoms with van der Waals surface area (Å²) in [6.07, 6.45) is 6.13. The summed E-state index contributed by atoms with van der Waals surface area (Å²) in [7, 11) is -2.48. The molecule has 132 valence electrons. The SMILES string of the molecule is CCN1CCC(NC(=O)N2CCC[C@H]2C(=O)N=S(C)(C)=O)CC1. The topological polar surface area (TPSA) is 82.1 Å². The zero-order valence-corrected chi connectivity index (χ0v) is 15.1. The summed E-state index contributed by atoms with van der Waals surface area (Å²) >= 11 is 0. The molecule has 0 aliphatic carbocycles. The predicted octanol–water partition coefficient (Wildman–Crippen LogP) is 0.899. The summed E-state index contributed by atoms with van der Waals surface area (Å²) in [6.45, 7) is 5.72. The third-order valence-corrected chi connectivity index (χ3v) is 5.09. The second-order valence-electron chi connectivity index (χ2n) is 6.62. The van der Waals surface area contributed by atoms with Crippen molar-refractivity contribution in [3.05, 3.63) is 0 Å².